The van der Waals surface area contributed by atoms with Crippen LogP contribution in [0, 0.1) is 0 Å². The number of hydrogen-bond donors (Lipinski definition) is 2. The Bertz CT molecular complexity index is 199. The van der Waals surface area contributed by atoms with Crippen LogP contribution < -0.4 is 10.6 Å². The topological polar surface area (TPSA) is 50.4 Å². The van der Waals surface area contributed by atoms with Gasteiger partial charge in [0.1, 0.15) is 5.60 Å². The molecule has 1 unspecified atom stereocenters. The molecule has 0 aromatic heterocycles. The fourth-order valence-corrected chi connectivity index (χ4v) is 1.12. The van der Waals surface area contributed by atoms with E-state index >= 15 is 0 Å². The quantitative estimate of drug-likeness (QED) is 0.754. The van der Waals surface area contributed by atoms with Gasteiger partial charge in [-0.3, -0.25) is 0 Å². The molecule has 0 spiro atoms. The molecule has 0 aliphatic rings. The Morgan fingerprint density at radius 1 is 1.27 bits per heavy atom. The third kappa shape index (κ3) is 7.19. The average molecular weight is 216 g/mol. The van der Waals surface area contributed by atoms with Crippen molar-refractivity contribution in [2.24, 2.45) is 0 Å². The summed E-state index contributed by atoms with van der Waals surface area (Å²) in [6.07, 6.45) is -0.361. The Morgan fingerprint density at radius 2 is 1.80 bits per heavy atom. The van der Waals surface area contributed by atoms with E-state index in [9.17, 15) is 4.79 Å². The zero-order chi connectivity index (χ0) is 12.1. The third-order valence-electron chi connectivity index (χ3n) is 2.02. The lowest BCUT2D eigenvalue weighted by molar-refractivity contribution is 0.0499. The van der Waals surface area contributed by atoms with Crippen molar-refractivity contribution in [1.29, 1.82) is 0 Å². The number of amides is 1. The molecule has 0 heterocycles. The molecule has 0 aromatic rings. The predicted octanol–water partition coefficient (Wildman–Crippen LogP) is 1.90. The number of likely N-dealkylation sites (N-methyl/N-ethyl adjacent to an activating group) is 1. The van der Waals surface area contributed by atoms with Gasteiger partial charge >= 0.3 is 6.09 Å². The Balaban J connectivity index is 3.96. The Hall–Kier alpha value is -0.770. The van der Waals surface area contributed by atoms with E-state index in [4.69, 9.17) is 4.74 Å². The zero-order valence-electron chi connectivity index (χ0n) is 10.7. The first-order valence-electron chi connectivity index (χ1n) is 5.49. The van der Waals surface area contributed by atoms with Crippen molar-refractivity contribution in [2.75, 3.05) is 6.54 Å². The van der Waals surface area contributed by atoms with Gasteiger partial charge < -0.3 is 15.4 Å². The molecule has 0 saturated heterocycles. The van der Waals surface area contributed by atoms with E-state index in [-0.39, 0.29) is 18.2 Å². The highest BCUT2D eigenvalue weighted by Crippen LogP contribution is 2.07. The van der Waals surface area contributed by atoms with Gasteiger partial charge in [0.25, 0.3) is 0 Å². The monoisotopic (exact) mass is 216 g/mol. The van der Waals surface area contributed by atoms with E-state index in [1.165, 1.54) is 0 Å². The summed E-state index contributed by atoms with van der Waals surface area (Å²) >= 11 is 0. The molecular formula is C11H24N2O2. The van der Waals surface area contributed by atoms with E-state index in [0.717, 1.165) is 6.54 Å². The van der Waals surface area contributed by atoms with Gasteiger partial charge in [0.15, 0.2) is 0 Å². The van der Waals surface area contributed by atoms with Gasteiger partial charge in [-0.1, -0.05) is 6.92 Å². The molecule has 4 nitrogen and oxygen atoms in total. The highest BCUT2D eigenvalue weighted by atomic mass is 16.6. The zero-order valence-corrected chi connectivity index (χ0v) is 10.7. The minimum absolute atomic E-state index is 0.0554. The molecule has 1 amide bonds. The molecule has 0 saturated carbocycles. The molecule has 0 radical (unpaired) electrons. The van der Waals surface area contributed by atoms with Gasteiger partial charge in [0.2, 0.25) is 0 Å². The molecular weight excluding hydrogens is 192 g/mol. The second-order valence-electron chi connectivity index (χ2n) is 4.78. The van der Waals surface area contributed by atoms with Gasteiger partial charge in [-0.05, 0) is 41.2 Å². The predicted molar refractivity (Wildman–Crippen MR) is 62.0 cm³/mol. The van der Waals surface area contributed by atoms with Crippen LogP contribution in [0.15, 0.2) is 0 Å². The number of carbonyl (C=O) groups excluding carboxylic acids is 1. The van der Waals surface area contributed by atoms with Crippen molar-refractivity contribution in [3.63, 3.8) is 0 Å². The molecule has 2 atom stereocenters. The van der Waals surface area contributed by atoms with E-state index in [2.05, 4.69) is 10.6 Å². The summed E-state index contributed by atoms with van der Waals surface area (Å²) in [7, 11) is 0. The molecule has 4 heteroatoms. The van der Waals surface area contributed by atoms with Gasteiger partial charge in [-0.2, -0.15) is 0 Å². The van der Waals surface area contributed by atoms with Crippen LogP contribution >= 0.6 is 0 Å². The summed E-state index contributed by atoms with van der Waals surface area (Å²) in [5, 5.41) is 6.04. The number of rotatable bonds is 4. The van der Waals surface area contributed by atoms with Crippen molar-refractivity contribution < 1.29 is 9.53 Å². The molecule has 0 bridgehead atoms. The van der Waals surface area contributed by atoms with Crippen molar-refractivity contribution in [3.05, 3.63) is 0 Å². The summed E-state index contributed by atoms with van der Waals surface area (Å²) in [5.74, 6) is 0. The molecule has 0 fully saturated rings. The van der Waals surface area contributed by atoms with E-state index in [0.29, 0.717) is 0 Å². The number of nitrogens with one attached hydrogen (secondary N) is 2. The highest BCUT2D eigenvalue weighted by Gasteiger charge is 2.19. The SMILES string of the molecule is CCNC(C)[C@@H](C)NC(=O)OC(C)(C)C. The largest absolute Gasteiger partial charge is 0.444 e. The van der Waals surface area contributed by atoms with Crippen LogP contribution in [0.2, 0.25) is 0 Å². The normalized spacial score (nSPS) is 15.6. The molecule has 0 aliphatic heterocycles. The lowest BCUT2D eigenvalue weighted by Gasteiger charge is -2.25. The van der Waals surface area contributed by atoms with E-state index in [1.807, 2.05) is 41.5 Å². The molecule has 0 aromatic carbocycles. The van der Waals surface area contributed by atoms with Crippen LogP contribution in [0.4, 0.5) is 4.79 Å². The van der Waals surface area contributed by atoms with Crippen LogP contribution in [0.25, 0.3) is 0 Å². The number of alkyl carbamates (subject to hydrolysis) is 1. The molecule has 0 aliphatic carbocycles. The molecule has 15 heavy (non-hydrogen) atoms. The van der Waals surface area contributed by atoms with Gasteiger partial charge in [0, 0.05) is 12.1 Å². The second-order valence-corrected chi connectivity index (χ2v) is 4.78. The molecule has 2 N–H and O–H groups in total. The number of ether oxygens (including phenoxy) is 1. The molecule has 90 valence electrons. The maximum atomic E-state index is 11.4. The minimum atomic E-state index is -0.439. The summed E-state index contributed by atoms with van der Waals surface area (Å²) in [5.41, 5.74) is -0.439. The maximum Gasteiger partial charge on any atom is 0.407 e. The minimum Gasteiger partial charge on any atom is -0.444 e. The Kier molecular flexibility index (Phi) is 5.65. The maximum absolute atomic E-state index is 11.4. The second kappa shape index (κ2) is 5.95. The van der Waals surface area contributed by atoms with Crippen LogP contribution in [-0.2, 0) is 4.74 Å². The standard InChI is InChI=1S/C11H24N2O2/c1-7-12-8(2)9(3)13-10(14)15-11(4,5)6/h8-9,12H,7H2,1-6H3,(H,13,14)/t8?,9-/m1/s1. The van der Waals surface area contributed by atoms with Crippen molar-refractivity contribution in [2.45, 2.75) is 59.2 Å². The average Bonchev–Trinajstić information content (AvgIpc) is 2.00. The summed E-state index contributed by atoms with van der Waals surface area (Å²) in [4.78, 5) is 11.4. The van der Waals surface area contributed by atoms with Gasteiger partial charge in [-0.25, -0.2) is 4.79 Å². The molecule has 0 rings (SSSR count). The first-order chi connectivity index (χ1) is 6.76. The van der Waals surface area contributed by atoms with Crippen LogP contribution in [0.3, 0.4) is 0 Å². The Labute approximate surface area is 92.8 Å². The number of hydrogen-bond acceptors (Lipinski definition) is 3. The van der Waals surface area contributed by atoms with E-state index < -0.39 is 5.60 Å². The van der Waals surface area contributed by atoms with Crippen LogP contribution in [-0.4, -0.2) is 30.3 Å². The fourth-order valence-electron chi connectivity index (χ4n) is 1.12. The summed E-state index contributed by atoms with van der Waals surface area (Å²) < 4.78 is 5.16. The number of carbonyl (C=O) groups is 1. The highest BCUT2D eigenvalue weighted by molar-refractivity contribution is 5.68. The van der Waals surface area contributed by atoms with Crippen molar-refractivity contribution in [1.82, 2.24) is 10.6 Å². The lowest BCUT2D eigenvalue weighted by Crippen LogP contribution is -2.47. The summed E-state index contributed by atoms with van der Waals surface area (Å²) in [6.45, 7) is 12.5. The summed E-state index contributed by atoms with van der Waals surface area (Å²) in [6, 6.07) is 0.294. The lowest BCUT2D eigenvalue weighted by atomic mass is 10.2. The van der Waals surface area contributed by atoms with Crippen molar-refractivity contribution >= 4 is 6.09 Å². The van der Waals surface area contributed by atoms with Crippen LogP contribution in [0.5, 0.6) is 0 Å². The first kappa shape index (κ1) is 14.2. The fraction of sp³-hybridized carbons (Fsp3) is 0.909. The van der Waals surface area contributed by atoms with Gasteiger partial charge in [0.05, 0.1) is 0 Å². The van der Waals surface area contributed by atoms with Crippen LogP contribution in [0.1, 0.15) is 41.5 Å². The van der Waals surface area contributed by atoms with E-state index in [1.54, 1.807) is 0 Å². The van der Waals surface area contributed by atoms with Gasteiger partial charge in [-0.15, -0.1) is 0 Å². The Morgan fingerprint density at radius 3 is 2.20 bits per heavy atom. The van der Waals surface area contributed by atoms with Crippen molar-refractivity contribution in [3.8, 4) is 0 Å². The first-order valence-corrected chi connectivity index (χ1v) is 5.49. The smallest absolute Gasteiger partial charge is 0.407 e. The third-order valence-corrected chi connectivity index (χ3v) is 2.02.